The lowest BCUT2D eigenvalue weighted by Crippen LogP contribution is -2.23. The smallest absolute Gasteiger partial charge is 0.257 e. The van der Waals surface area contributed by atoms with E-state index in [-0.39, 0.29) is 5.91 Å². The first kappa shape index (κ1) is 13.3. The van der Waals surface area contributed by atoms with Gasteiger partial charge in [-0.05, 0) is 19.9 Å². The molecule has 0 aliphatic heterocycles. The molecule has 3 heterocycles. The van der Waals surface area contributed by atoms with Crippen molar-refractivity contribution >= 4 is 11.6 Å². The molecule has 3 aromatic heterocycles. The topological polar surface area (TPSA) is 77.1 Å². The summed E-state index contributed by atoms with van der Waals surface area (Å²) in [6.07, 6.45) is 6.88. The SMILES string of the molecule is CCn1cc(CNC(=O)c2cnn3cccnc23)c(C)n1. The van der Waals surface area contributed by atoms with E-state index in [9.17, 15) is 4.79 Å². The summed E-state index contributed by atoms with van der Waals surface area (Å²) in [4.78, 5) is 16.4. The molecule has 0 radical (unpaired) electrons. The molecule has 0 aromatic carbocycles. The summed E-state index contributed by atoms with van der Waals surface area (Å²) in [6, 6.07) is 1.77. The van der Waals surface area contributed by atoms with E-state index in [4.69, 9.17) is 0 Å². The largest absolute Gasteiger partial charge is 0.348 e. The van der Waals surface area contributed by atoms with Crippen LogP contribution in [0.5, 0.6) is 0 Å². The molecular weight excluding hydrogens is 268 g/mol. The zero-order chi connectivity index (χ0) is 14.8. The molecule has 1 amide bonds. The highest BCUT2D eigenvalue weighted by molar-refractivity contribution is 5.99. The van der Waals surface area contributed by atoms with Gasteiger partial charge >= 0.3 is 0 Å². The van der Waals surface area contributed by atoms with Crippen molar-refractivity contribution in [1.29, 1.82) is 0 Å². The van der Waals surface area contributed by atoms with Gasteiger partial charge in [-0.25, -0.2) is 9.50 Å². The van der Waals surface area contributed by atoms with Crippen molar-refractivity contribution < 1.29 is 4.79 Å². The van der Waals surface area contributed by atoms with Crippen molar-refractivity contribution in [2.24, 2.45) is 0 Å². The predicted octanol–water partition coefficient (Wildman–Crippen LogP) is 1.18. The van der Waals surface area contributed by atoms with E-state index in [1.165, 1.54) is 6.20 Å². The van der Waals surface area contributed by atoms with Crippen LogP contribution in [0.15, 0.2) is 30.9 Å². The molecule has 3 aromatic rings. The number of hydrogen-bond donors (Lipinski definition) is 1. The van der Waals surface area contributed by atoms with E-state index in [1.807, 2.05) is 24.7 Å². The number of carbonyl (C=O) groups excluding carboxylic acids is 1. The minimum atomic E-state index is -0.188. The Kier molecular flexibility index (Phi) is 3.39. The van der Waals surface area contributed by atoms with Crippen LogP contribution in [0.3, 0.4) is 0 Å². The van der Waals surface area contributed by atoms with Crippen LogP contribution in [-0.4, -0.2) is 30.3 Å². The van der Waals surface area contributed by atoms with Gasteiger partial charge in [0, 0.05) is 37.2 Å². The van der Waals surface area contributed by atoms with E-state index >= 15 is 0 Å². The minimum Gasteiger partial charge on any atom is -0.348 e. The molecule has 0 atom stereocenters. The lowest BCUT2D eigenvalue weighted by atomic mass is 10.2. The van der Waals surface area contributed by atoms with E-state index < -0.39 is 0 Å². The average molecular weight is 284 g/mol. The maximum Gasteiger partial charge on any atom is 0.257 e. The van der Waals surface area contributed by atoms with Crippen LogP contribution in [0.4, 0.5) is 0 Å². The second-order valence-electron chi connectivity index (χ2n) is 4.72. The number of fused-ring (bicyclic) bond motifs is 1. The van der Waals surface area contributed by atoms with Crippen LogP contribution in [0.25, 0.3) is 5.65 Å². The monoisotopic (exact) mass is 284 g/mol. The molecule has 0 saturated carbocycles. The van der Waals surface area contributed by atoms with Gasteiger partial charge in [-0.2, -0.15) is 10.2 Å². The summed E-state index contributed by atoms with van der Waals surface area (Å²) in [6.45, 7) is 5.21. The minimum absolute atomic E-state index is 0.188. The Hall–Kier alpha value is -2.70. The summed E-state index contributed by atoms with van der Waals surface area (Å²) in [5.74, 6) is -0.188. The molecule has 0 aliphatic rings. The third-order valence-corrected chi connectivity index (χ3v) is 3.34. The Morgan fingerprint density at radius 2 is 2.29 bits per heavy atom. The second kappa shape index (κ2) is 5.35. The first-order valence-electron chi connectivity index (χ1n) is 6.78. The quantitative estimate of drug-likeness (QED) is 0.780. The van der Waals surface area contributed by atoms with E-state index in [1.54, 1.807) is 23.0 Å². The molecule has 21 heavy (non-hydrogen) atoms. The van der Waals surface area contributed by atoms with Gasteiger partial charge in [0.1, 0.15) is 5.56 Å². The Morgan fingerprint density at radius 3 is 3.05 bits per heavy atom. The number of hydrogen-bond acceptors (Lipinski definition) is 4. The summed E-state index contributed by atoms with van der Waals surface area (Å²) in [5.41, 5.74) is 2.96. The molecule has 0 fully saturated rings. The predicted molar refractivity (Wildman–Crippen MR) is 76.8 cm³/mol. The summed E-state index contributed by atoms with van der Waals surface area (Å²) < 4.78 is 3.43. The van der Waals surface area contributed by atoms with Crippen molar-refractivity contribution in [1.82, 2.24) is 29.7 Å². The number of nitrogens with zero attached hydrogens (tertiary/aromatic N) is 5. The van der Waals surface area contributed by atoms with Gasteiger partial charge in [-0.1, -0.05) is 0 Å². The molecule has 0 aliphatic carbocycles. The third kappa shape index (κ3) is 2.49. The summed E-state index contributed by atoms with van der Waals surface area (Å²) in [5, 5.41) is 11.3. The number of amides is 1. The zero-order valence-corrected chi connectivity index (χ0v) is 11.9. The van der Waals surface area contributed by atoms with Gasteiger partial charge in [0.15, 0.2) is 5.65 Å². The Balaban J connectivity index is 1.76. The molecule has 1 N–H and O–H groups in total. The van der Waals surface area contributed by atoms with Crippen molar-refractivity contribution in [2.75, 3.05) is 0 Å². The normalized spacial score (nSPS) is 11.0. The fourth-order valence-corrected chi connectivity index (χ4v) is 2.15. The molecule has 0 bridgehead atoms. The standard InChI is InChI=1S/C14H16N6O/c1-3-19-9-11(10(2)18-19)7-16-14(21)12-8-17-20-6-4-5-15-13(12)20/h4-6,8-9H,3,7H2,1-2H3,(H,16,21). The van der Waals surface area contributed by atoms with E-state index in [0.717, 1.165) is 17.8 Å². The molecule has 3 rings (SSSR count). The number of rotatable bonds is 4. The molecule has 7 heteroatoms. The van der Waals surface area contributed by atoms with Gasteiger partial charge in [-0.15, -0.1) is 0 Å². The fourth-order valence-electron chi connectivity index (χ4n) is 2.15. The van der Waals surface area contributed by atoms with Crippen LogP contribution in [0.1, 0.15) is 28.5 Å². The molecule has 0 spiro atoms. The summed E-state index contributed by atoms with van der Waals surface area (Å²) >= 11 is 0. The second-order valence-corrected chi connectivity index (χ2v) is 4.72. The highest BCUT2D eigenvalue weighted by atomic mass is 16.1. The maximum atomic E-state index is 12.2. The van der Waals surface area contributed by atoms with Crippen LogP contribution in [0, 0.1) is 6.92 Å². The van der Waals surface area contributed by atoms with Gasteiger partial charge in [-0.3, -0.25) is 9.48 Å². The molecular formula is C14H16N6O. The summed E-state index contributed by atoms with van der Waals surface area (Å²) in [7, 11) is 0. The molecule has 108 valence electrons. The number of carbonyl (C=O) groups is 1. The van der Waals surface area contributed by atoms with Crippen LogP contribution >= 0.6 is 0 Å². The fraction of sp³-hybridized carbons (Fsp3) is 0.286. The van der Waals surface area contributed by atoms with E-state index in [0.29, 0.717) is 17.8 Å². The highest BCUT2D eigenvalue weighted by Gasteiger charge is 2.14. The van der Waals surface area contributed by atoms with Crippen LogP contribution in [0.2, 0.25) is 0 Å². The van der Waals surface area contributed by atoms with Gasteiger partial charge in [0.25, 0.3) is 5.91 Å². The number of aryl methyl sites for hydroxylation is 2. The number of aromatic nitrogens is 5. The zero-order valence-electron chi connectivity index (χ0n) is 11.9. The van der Waals surface area contributed by atoms with Crippen molar-refractivity contribution in [2.45, 2.75) is 26.9 Å². The molecule has 0 unspecified atom stereocenters. The van der Waals surface area contributed by atoms with Gasteiger partial charge in [0.2, 0.25) is 0 Å². The third-order valence-electron chi connectivity index (χ3n) is 3.34. The first-order valence-corrected chi connectivity index (χ1v) is 6.78. The number of nitrogens with one attached hydrogen (secondary N) is 1. The van der Waals surface area contributed by atoms with Crippen molar-refractivity contribution in [3.05, 3.63) is 47.7 Å². The molecule has 7 nitrogen and oxygen atoms in total. The first-order chi connectivity index (χ1) is 10.2. The van der Waals surface area contributed by atoms with Gasteiger partial charge < -0.3 is 5.32 Å². The van der Waals surface area contributed by atoms with E-state index in [2.05, 4.69) is 20.5 Å². The van der Waals surface area contributed by atoms with Crippen molar-refractivity contribution in [3.8, 4) is 0 Å². The highest BCUT2D eigenvalue weighted by Crippen LogP contribution is 2.09. The van der Waals surface area contributed by atoms with Gasteiger partial charge in [0.05, 0.1) is 11.9 Å². The van der Waals surface area contributed by atoms with Crippen molar-refractivity contribution in [3.63, 3.8) is 0 Å². The Labute approximate surface area is 121 Å². The lowest BCUT2D eigenvalue weighted by Gasteiger charge is -2.02. The maximum absolute atomic E-state index is 12.2. The van der Waals surface area contributed by atoms with Crippen LogP contribution in [-0.2, 0) is 13.1 Å². The van der Waals surface area contributed by atoms with Crippen LogP contribution < -0.4 is 5.32 Å². The molecule has 0 saturated heterocycles. The lowest BCUT2D eigenvalue weighted by molar-refractivity contribution is 0.0952. The Bertz CT molecular complexity index is 788. The average Bonchev–Trinajstić information content (AvgIpc) is 3.08. The Morgan fingerprint density at radius 1 is 1.43 bits per heavy atom.